The molecule has 0 heterocycles. The standard InChI is InChI=1S/C14H31N/c1-8-10(3)11(4)12(5)13(6)14(9-2)15-7/h10-15H,8-9H2,1-7H3/t10-,11+,12?,13?,14?/m1/s1. The molecule has 0 saturated heterocycles. The Morgan fingerprint density at radius 3 is 1.67 bits per heavy atom. The minimum Gasteiger partial charge on any atom is -0.317 e. The summed E-state index contributed by atoms with van der Waals surface area (Å²) in [4.78, 5) is 0. The fraction of sp³-hybridized carbons (Fsp3) is 1.00. The first-order valence-electron chi connectivity index (χ1n) is 6.66. The lowest BCUT2D eigenvalue weighted by molar-refractivity contribution is 0.174. The molecular formula is C14H31N. The van der Waals surface area contributed by atoms with Gasteiger partial charge in [-0.05, 0) is 37.1 Å². The number of nitrogens with one attached hydrogen (secondary N) is 1. The van der Waals surface area contributed by atoms with Crippen LogP contribution in [0.2, 0.25) is 0 Å². The summed E-state index contributed by atoms with van der Waals surface area (Å²) in [6, 6.07) is 0.673. The van der Waals surface area contributed by atoms with Crippen molar-refractivity contribution in [3.8, 4) is 0 Å². The predicted molar refractivity (Wildman–Crippen MR) is 70.1 cm³/mol. The van der Waals surface area contributed by atoms with E-state index in [1.807, 2.05) is 0 Å². The molecule has 0 aromatic rings. The van der Waals surface area contributed by atoms with Crippen molar-refractivity contribution in [1.82, 2.24) is 5.32 Å². The lowest BCUT2D eigenvalue weighted by atomic mass is 9.74. The third kappa shape index (κ3) is 4.14. The van der Waals surface area contributed by atoms with E-state index in [1.165, 1.54) is 12.8 Å². The maximum absolute atomic E-state index is 3.44. The van der Waals surface area contributed by atoms with Gasteiger partial charge in [0.15, 0.2) is 0 Å². The van der Waals surface area contributed by atoms with Crippen molar-refractivity contribution >= 4 is 0 Å². The summed E-state index contributed by atoms with van der Waals surface area (Å²) in [6.07, 6.45) is 2.53. The van der Waals surface area contributed by atoms with Crippen LogP contribution in [0.3, 0.4) is 0 Å². The summed E-state index contributed by atoms with van der Waals surface area (Å²) >= 11 is 0. The van der Waals surface area contributed by atoms with E-state index in [1.54, 1.807) is 0 Å². The molecule has 1 heteroatoms. The highest BCUT2D eigenvalue weighted by atomic mass is 14.9. The van der Waals surface area contributed by atoms with Gasteiger partial charge in [-0.25, -0.2) is 0 Å². The molecule has 3 unspecified atom stereocenters. The lowest BCUT2D eigenvalue weighted by Gasteiger charge is -2.34. The zero-order chi connectivity index (χ0) is 12.0. The Hall–Kier alpha value is -0.0400. The van der Waals surface area contributed by atoms with Crippen LogP contribution in [0.5, 0.6) is 0 Å². The van der Waals surface area contributed by atoms with Crippen molar-refractivity contribution < 1.29 is 0 Å². The number of hydrogen-bond donors (Lipinski definition) is 1. The van der Waals surface area contributed by atoms with Crippen LogP contribution in [-0.2, 0) is 0 Å². The summed E-state index contributed by atoms with van der Waals surface area (Å²) in [5, 5.41) is 3.44. The van der Waals surface area contributed by atoms with Gasteiger partial charge in [0, 0.05) is 6.04 Å². The highest BCUT2D eigenvalue weighted by Gasteiger charge is 2.26. The van der Waals surface area contributed by atoms with Crippen molar-refractivity contribution in [2.45, 2.75) is 60.4 Å². The maximum Gasteiger partial charge on any atom is 0.00897 e. The monoisotopic (exact) mass is 213 g/mol. The Kier molecular flexibility index (Phi) is 7.25. The van der Waals surface area contributed by atoms with Crippen molar-refractivity contribution in [3.63, 3.8) is 0 Å². The van der Waals surface area contributed by atoms with E-state index in [-0.39, 0.29) is 0 Å². The molecule has 15 heavy (non-hydrogen) atoms. The molecule has 0 aromatic carbocycles. The SMILES string of the molecule is CCC(NC)C(C)C(C)[C@@H](C)[C@H](C)CC. The van der Waals surface area contributed by atoms with Crippen LogP contribution < -0.4 is 5.32 Å². The van der Waals surface area contributed by atoms with Gasteiger partial charge in [0.25, 0.3) is 0 Å². The first kappa shape index (κ1) is 15.0. The highest BCUT2D eigenvalue weighted by Crippen LogP contribution is 2.30. The molecule has 0 fully saturated rings. The van der Waals surface area contributed by atoms with Gasteiger partial charge in [0.2, 0.25) is 0 Å². The second kappa shape index (κ2) is 7.27. The average molecular weight is 213 g/mol. The van der Waals surface area contributed by atoms with Crippen LogP contribution in [0, 0.1) is 23.7 Å². The normalized spacial score (nSPS) is 21.8. The van der Waals surface area contributed by atoms with E-state index in [9.17, 15) is 0 Å². The molecule has 92 valence electrons. The van der Waals surface area contributed by atoms with Gasteiger partial charge in [-0.3, -0.25) is 0 Å². The van der Waals surface area contributed by atoms with Crippen LogP contribution in [0.4, 0.5) is 0 Å². The molecule has 0 bridgehead atoms. The largest absolute Gasteiger partial charge is 0.317 e. The Morgan fingerprint density at radius 1 is 0.800 bits per heavy atom. The minimum atomic E-state index is 0.673. The van der Waals surface area contributed by atoms with E-state index in [4.69, 9.17) is 0 Å². The molecule has 0 aliphatic carbocycles. The molecule has 0 radical (unpaired) electrons. The second-order valence-electron chi connectivity index (χ2n) is 5.27. The third-order valence-electron chi connectivity index (χ3n) is 4.65. The summed E-state index contributed by atoms with van der Waals surface area (Å²) in [5.41, 5.74) is 0. The summed E-state index contributed by atoms with van der Waals surface area (Å²) in [7, 11) is 2.09. The molecule has 1 nitrogen and oxygen atoms in total. The molecule has 1 N–H and O–H groups in total. The Balaban J connectivity index is 4.34. The molecule has 0 aliphatic rings. The fourth-order valence-electron chi connectivity index (χ4n) is 2.57. The summed E-state index contributed by atoms with van der Waals surface area (Å²) < 4.78 is 0. The van der Waals surface area contributed by atoms with E-state index in [0.29, 0.717) is 6.04 Å². The summed E-state index contributed by atoms with van der Waals surface area (Å²) in [5.74, 6) is 3.24. The van der Waals surface area contributed by atoms with Gasteiger partial charge >= 0.3 is 0 Å². The van der Waals surface area contributed by atoms with E-state index >= 15 is 0 Å². The van der Waals surface area contributed by atoms with Crippen molar-refractivity contribution in [2.24, 2.45) is 23.7 Å². The molecule has 0 amide bonds. The fourth-order valence-corrected chi connectivity index (χ4v) is 2.57. The molecule has 0 rings (SSSR count). The smallest absolute Gasteiger partial charge is 0.00897 e. The zero-order valence-corrected chi connectivity index (χ0v) is 11.8. The average Bonchev–Trinajstić information content (AvgIpc) is 2.27. The van der Waals surface area contributed by atoms with Gasteiger partial charge in [-0.15, -0.1) is 0 Å². The van der Waals surface area contributed by atoms with Crippen LogP contribution in [0.25, 0.3) is 0 Å². The first-order chi connectivity index (χ1) is 6.99. The quantitative estimate of drug-likeness (QED) is 0.675. The Bertz CT molecular complexity index is 151. The second-order valence-corrected chi connectivity index (χ2v) is 5.27. The number of hydrogen-bond acceptors (Lipinski definition) is 1. The van der Waals surface area contributed by atoms with E-state index in [0.717, 1.165) is 23.7 Å². The zero-order valence-electron chi connectivity index (χ0n) is 11.8. The Labute approximate surface area is 97.0 Å². The molecular weight excluding hydrogens is 182 g/mol. The van der Waals surface area contributed by atoms with Gasteiger partial charge < -0.3 is 5.32 Å². The van der Waals surface area contributed by atoms with E-state index in [2.05, 4.69) is 53.9 Å². The van der Waals surface area contributed by atoms with E-state index < -0.39 is 0 Å². The Morgan fingerprint density at radius 2 is 1.33 bits per heavy atom. The highest BCUT2D eigenvalue weighted by molar-refractivity contribution is 4.79. The predicted octanol–water partition coefficient (Wildman–Crippen LogP) is 3.94. The maximum atomic E-state index is 3.44. The van der Waals surface area contributed by atoms with Crippen LogP contribution in [0.1, 0.15) is 54.4 Å². The topological polar surface area (TPSA) is 12.0 Å². The molecule has 0 spiro atoms. The van der Waals surface area contributed by atoms with Gasteiger partial charge in [0.05, 0.1) is 0 Å². The molecule has 5 atom stereocenters. The minimum absolute atomic E-state index is 0.673. The van der Waals surface area contributed by atoms with Crippen molar-refractivity contribution in [1.29, 1.82) is 0 Å². The molecule has 0 saturated carbocycles. The van der Waals surface area contributed by atoms with Crippen molar-refractivity contribution in [2.75, 3.05) is 7.05 Å². The lowest BCUT2D eigenvalue weighted by Crippen LogP contribution is -2.37. The van der Waals surface area contributed by atoms with Gasteiger partial charge in [-0.2, -0.15) is 0 Å². The summed E-state index contributed by atoms with van der Waals surface area (Å²) in [6.45, 7) is 14.2. The van der Waals surface area contributed by atoms with Crippen LogP contribution in [-0.4, -0.2) is 13.1 Å². The molecule has 0 aromatic heterocycles. The number of rotatable bonds is 7. The van der Waals surface area contributed by atoms with Crippen LogP contribution in [0.15, 0.2) is 0 Å². The van der Waals surface area contributed by atoms with Crippen molar-refractivity contribution in [3.05, 3.63) is 0 Å². The first-order valence-corrected chi connectivity index (χ1v) is 6.66. The van der Waals surface area contributed by atoms with Crippen LogP contribution >= 0.6 is 0 Å². The molecule has 0 aliphatic heterocycles. The van der Waals surface area contributed by atoms with Gasteiger partial charge in [0.1, 0.15) is 0 Å². The van der Waals surface area contributed by atoms with Gasteiger partial charge in [-0.1, -0.05) is 48.0 Å². The third-order valence-corrected chi connectivity index (χ3v) is 4.65.